The molecule has 1 heterocycles. The molecular weight excluding hydrogens is 250 g/mol. The minimum Gasteiger partial charge on any atom is -0.387 e. The average molecular weight is 271 g/mol. The maximum Gasteiger partial charge on any atom is 0.246 e. The maximum atomic E-state index is 12.5. The zero-order chi connectivity index (χ0) is 13.6. The van der Waals surface area contributed by atoms with E-state index in [0.717, 1.165) is 12.8 Å². The van der Waals surface area contributed by atoms with Crippen LogP contribution >= 0.6 is 0 Å². The highest BCUT2D eigenvalue weighted by molar-refractivity contribution is 7.89. The van der Waals surface area contributed by atoms with E-state index in [0.29, 0.717) is 18.8 Å². The number of aromatic nitrogens is 1. The van der Waals surface area contributed by atoms with Gasteiger partial charge in [-0.05, 0) is 12.5 Å². The number of pyridine rings is 1. The predicted molar refractivity (Wildman–Crippen MR) is 73.1 cm³/mol. The Balaban J connectivity index is 3.10. The zero-order valence-electron chi connectivity index (χ0n) is 11.2. The second-order valence-electron chi connectivity index (χ2n) is 3.97. The first-order valence-corrected chi connectivity index (χ1v) is 7.63. The Morgan fingerprint density at radius 3 is 2.67 bits per heavy atom. The Hall–Kier alpha value is -1.14. The van der Waals surface area contributed by atoms with E-state index in [9.17, 15) is 8.42 Å². The van der Waals surface area contributed by atoms with E-state index in [2.05, 4.69) is 10.3 Å². The molecule has 0 radical (unpaired) electrons. The summed E-state index contributed by atoms with van der Waals surface area (Å²) in [6, 6.07) is 1.67. The first kappa shape index (κ1) is 14.9. The van der Waals surface area contributed by atoms with E-state index in [1.165, 1.54) is 10.5 Å². The number of rotatable bonds is 7. The third-order valence-electron chi connectivity index (χ3n) is 2.79. The van der Waals surface area contributed by atoms with Crippen molar-refractivity contribution in [1.82, 2.24) is 9.29 Å². The van der Waals surface area contributed by atoms with Gasteiger partial charge in [0.05, 0.1) is 5.69 Å². The quantitative estimate of drug-likeness (QED) is 0.823. The van der Waals surface area contributed by atoms with Crippen LogP contribution in [0.2, 0.25) is 0 Å². The SMILES string of the molecule is CCCCN(CC)S(=O)(=O)c1cnccc1NC. The van der Waals surface area contributed by atoms with Gasteiger partial charge < -0.3 is 5.32 Å². The molecule has 0 aliphatic rings. The lowest BCUT2D eigenvalue weighted by Gasteiger charge is -2.21. The Bertz CT molecular complexity index is 474. The van der Waals surface area contributed by atoms with Crippen LogP contribution in [0.1, 0.15) is 26.7 Å². The molecular formula is C12H21N3O2S. The summed E-state index contributed by atoms with van der Waals surface area (Å²) in [6.45, 7) is 4.92. The van der Waals surface area contributed by atoms with Gasteiger partial charge in [-0.25, -0.2) is 8.42 Å². The van der Waals surface area contributed by atoms with Gasteiger partial charge in [-0.1, -0.05) is 20.3 Å². The highest BCUT2D eigenvalue weighted by atomic mass is 32.2. The molecule has 0 unspecified atom stereocenters. The number of hydrogen-bond acceptors (Lipinski definition) is 4. The molecule has 18 heavy (non-hydrogen) atoms. The monoisotopic (exact) mass is 271 g/mol. The maximum absolute atomic E-state index is 12.5. The van der Waals surface area contributed by atoms with Crippen molar-refractivity contribution in [3.63, 3.8) is 0 Å². The molecule has 0 saturated heterocycles. The molecule has 0 aromatic carbocycles. The van der Waals surface area contributed by atoms with Gasteiger partial charge in [0.15, 0.2) is 0 Å². The van der Waals surface area contributed by atoms with Crippen LogP contribution in [0.5, 0.6) is 0 Å². The smallest absolute Gasteiger partial charge is 0.246 e. The first-order valence-electron chi connectivity index (χ1n) is 6.19. The molecule has 0 aliphatic heterocycles. The molecule has 5 nitrogen and oxygen atoms in total. The summed E-state index contributed by atoms with van der Waals surface area (Å²) in [4.78, 5) is 4.15. The van der Waals surface area contributed by atoms with E-state index in [-0.39, 0.29) is 4.90 Å². The van der Waals surface area contributed by atoms with Crippen molar-refractivity contribution in [2.45, 2.75) is 31.6 Å². The number of sulfonamides is 1. The molecule has 0 spiro atoms. The molecule has 1 aromatic heterocycles. The molecule has 0 fully saturated rings. The molecule has 0 amide bonds. The minimum absolute atomic E-state index is 0.241. The largest absolute Gasteiger partial charge is 0.387 e. The van der Waals surface area contributed by atoms with E-state index in [4.69, 9.17) is 0 Å². The van der Waals surface area contributed by atoms with Crippen molar-refractivity contribution in [3.8, 4) is 0 Å². The van der Waals surface area contributed by atoms with E-state index in [1.54, 1.807) is 19.3 Å². The third-order valence-corrected chi connectivity index (χ3v) is 4.79. The highest BCUT2D eigenvalue weighted by Crippen LogP contribution is 2.23. The molecule has 6 heteroatoms. The van der Waals surface area contributed by atoms with Crippen LogP contribution < -0.4 is 5.32 Å². The fourth-order valence-electron chi connectivity index (χ4n) is 1.71. The Morgan fingerprint density at radius 2 is 2.11 bits per heavy atom. The van der Waals surface area contributed by atoms with Gasteiger partial charge in [0.25, 0.3) is 0 Å². The molecule has 102 valence electrons. The van der Waals surface area contributed by atoms with Crippen LogP contribution in [0.25, 0.3) is 0 Å². The average Bonchev–Trinajstić information content (AvgIpc) is 2.39. The normalized spacial score (nSPS) is 11.8. The van der Waals surface area contributed by atoms with Crippen molar-refractivity contribution < 1.29 is 8.42 Å². The molecule has 0 aliphatic carbocycles. The van der Waals surface area contributed by atoms with E-state index < -0.39 is 10.0 Å². The topological polar surface area (TPSA) is 62.3 Å². The summed E-state index contributed by atoms with van der Waals surface area (Å²) in [7, 11) is -1.75. The highest BCUT2D eigenvalue weighted by Gasteiger charge is 2.25. The molecule has 0 saturated carbocycles. The lowest BCUT2D eigenvalue weighted by atomic mass is 10.3. The zero-order valence-corrected chi connectivity index (χ0v) is 12.0. The van der Waals surface area contributed by atoms with Crippen LogP contribution in [-0.2, 0) is 10.0 Å². The van der Waals surface area contributed by atoms with Crippen molar-refractivity contribution in [2.75, 3.05) is 25.5 Å². The van der Waals surface area contributed by atoms with E-state index >= 15 is 0 Å². The molecule has 1 rings (SSSR count). The van der Waals surface area contributed by atoms with E-state index in [1.807, 2.05) is 13.8 Å². The van der Waals surface area contributed by atoms with Gasteiger partial charge >= 0.3 is 0 Å². The van der Waals surface area contributed by atoms with Crippen molar-refractivity contribution in [1.29, 1.82) is 0 Å². The number of nitrogens with one attached hydrogen (secondary N) is 1. The lowest BCUT2D eigenvalue weighted by molar-refractivity contribution is 0.419. The van der Waals surface area contributed by atoms with Crippen LogP contribution in [0.3, 0.4) is 0 Å². The fraction of sp³-hybridized carbons (Fsp3) is 0.583. The predicted octanol–water partition coefficient (Wildman–Crippen LogP) is 1.93. The van der Waals surface area contributed by atoms with Gasteiger partial charge in [-0.3, -0.25) is 4.98 Å². The second-order valence-corrected chi connectivity index (χ2v) is 5.88. The van der Waals surface area contributed by atoms with Crippen LogP contribution in [-0.4, -0.2) is 37.8 Å². The second kappa shape index (κ2) is 6.70. The molecule has 1 aromatic rings. The summed E-state index contributed by atoms with van der Waals surface area (Å²) >= 11 is 0. The van der Waals surface area contributed by atoms with Crippen molar-refractivity contribution in [3.05, 3.63) is 18.5 Å². The molecule has 1 N–H and O–H groups in total. The van der Waals surface area contributed by atoms with Gasteiger partial charge in [-0.2, -0.15) is 4.31 Å². The van der Waals surface area contributed by atoms with Gasteiger partial charge in [0, 0.05) is 32.5 Å². The Kier molecular flexibility index (Phi) is 5.55. The standard InChI is InChI=1S/C12H21N3O2S/c1-4-6-9-15(5-2)18(16,17)12-10-14-8-7-11(12)13-3/h7-8,10H,4-6,9H2,1-3H3,(H,13,14). The third kappa shape index (κ3) is 3.20. The van der Waals surface area contributed by atoms with Gasteiger partial charge in [0.2, 0.25) is 10.0 Å². The number of hydrogen-bond donors (Lipinski definition) is 1. The number of nitrogens with zero attached hydrogens (tertiary/aromatic N) is 2. The lowest BCUT2D eigenvalue weighted by Crippen LogP contribution is -2.32. The number of unbranched alkanes of at least 4 members (excludes halogenated alkanes) is 1. The molecule has 0 bridgehead atoms. The summed E-state index contributed by atoms with van der Waals surface area (Å²) in [5, 5.41) is 2.89. The van der Waals surface area contributed by atoms with Gasteiger partial charge in [-0.15, -0.1) is 0 Å². The summed E-state index contributed by atoms with van der Waals surface area (Å²) in [5.74, 6) is 0. The van der Waals surface area contributed by atoms with Crippen molar-refractivity contribution >= 4 is 15.7 Å². The van der Waals surface area contributed by atoms with Crippen LogP contribution in [0.4, 0.5) is 5.69 Å². The van der Waals surface area contributed by atoms with Crippen LogP contribution in [0.15, 0.2) is 23.4 Å². The minimum atomic E-state index is -3.46. The Labute approximate surface area is 109 Å². The fourth-order valence-corrected chi connectivity index (χ4v) is 3.34. The summed E-state index contributed by atoms with van der Waals surface area (Å²) < 4.78 is 26.5. The van der Waals surface area contributed by atoms with Gasteiger partial charge in [0.1, 0.15) is 4.90 Å². The van der Waals surface area contributed by atoms with Crippen LogP contribution in [0, 0.1) is 0 Å². The Morgan fingerprint density at radius 1 is 1.39 bits per heavy atom. The summed E-state index contributed by atoms with van der Waals surface area (Å²) in [5.41, 5.74) is 0.583. The molecule has 0 atom stereocenters. The summed E-state index contributed by atoms with van der Waals surface area (Å²) in [6.07, 6.45) is 4.81. The van der Waals surface area contributed by atoms with Crippen molar-refractivity contribution in [2.24, 2.45) is 0 Å². The first-order chi connectivity index (χ1) is 8.57. The number of anilines is 1.